The van der Waals surface area contributed by atoms with Gasteiger partial charge in [-0.15, -0.1) is 0 Å². The molecular formula is C28H29N7O. The van der Waals surface area contributed by atoms with Crippen molar-refractivity contribution >= 4 is 28.4 Å². The summed E-state index contributed by atoms with van der Waals surface area (Å²) < 4.78 is 1.96. The third-order valence-electron chi connectivity index (χ3n) is 6.64. The summed E-state index contributed by atoms with van der Waals surface area (Å²) in [6, 6.07) is 13.5. The van der Waals surface area contributed by atoms with Crippen LogP contribution in [0, 0.1) is 25.7 Å². The van der Waals surface area contributed by atoms with Crippen molar-refractivity contribution < 1.29 is 4.79 Å². The van der Waals surface area contributed by atoms with E-state index in [0.717, 1.165) is 48.3 Å². The van der Waals surface area contributed by atoms with Crippen LogP contribution in [0.4, 0.5) is 11.5 Å². The molecule has 1 amide bonds. The van der Waals surface area contributed by atoms with Gasteiger partial charge in [-0.3, -0.25) is 4.79 Å². The summed E-state index contributed by atoms with van der Waals surface area (Å²) in [6.45, 7) is 5.97. The number of amides is 1. The molecule has 2 aromatic heterocycles. The second kappa shape index (κ2) is 9.80. The fourth-order valence-electron chi connectivity index (χ4n) is 4.53. The number of rotatable bonds is 3. The third-order valence-corrected chi connectivity index (χ3v) is 6.64. The summed E-state index contributed by atoms with van der Waals surface area (Å²) in [5.41, 5.74) is 11.6. The number of nitrogens with one attached hydrogen (secondary N) is 1. The first-order chi connectivity index (χ1) is 17.4. The average molecular weight is 480 g/mol. The molecule has 4 aromatic rings. The van der Waals surface area contributed by atoms with Gasteiger partial charge in [0, 0.05) is 16.8 Å². The highest BCUT2D eigenvalue weighted by molar-refractivity contribution is 6.04. The van der Waals surface area contributed by atoms with Crippen molar-refractivity contribution in [2.45, 2.75) is 32.7 Å². The molecule has 36 heavy (non-hydrogen) atoms. The molecule has 5 rings (SSSR count). The molecule has 8 nitrogen and oxygen atoms in total. The van der Waals surface area contributed by atoms with E-state index in [-0.39, 0.29) is 11.9 Å². The molecular weight excluding hydrogens is 450 g/mol. The Kier molecular flexibility index (Phi) is 6.40. The lowest BCUT2D eigenvalue weighted by Crippen LogP contribution is -2.32. The number of aryl methyl sites for hydroxylation is 2. The van der Waals surface area contributed by atoms with Gasteiger partial charge in [0.05, 0.1) is 11.4 Å². The van der Waals surface area contributed by atoms with Gasteiger partial charge in [-0.2, -0.15) is 5.10 Å². The minimum Gasteiger partial charge on any atom is -0.383 e. The number of anilines is 2. The van der Waals surface area contributed by atoms with Crippen LogP contribution in [0.25, 0.3) is 11.0 Å². The number of benzene rings is 2. The molecule has 0 atom stereocenters. The molecule has 0 saturated carbocycles. The number of hydrogen-bond acceptors (Lipinski definition) is 6. The molecule has 0 unspecified atom stereocenters. The number of nitrogens with two attached hydrogens (primary N) is 1. The van der Waals surface area contributed by atoms with Gasteiger partial charge in [0.25, 0.3) is 5.91 Å². The Morgan fingerprint density at radius 2 is 1.89 bits per heavy atom. The number of carbonyl (C=O) groups excluding carboxylic acids is 1. The quantitative estimate of drug-likeness (QED) is 0.432. The molecule has 0 radical (unpaired) electrons. The summed E-state index contributed by atoms with van der Waals surface area (Å²) >= 11 is 0. The fraction of sp³-hybridized carbons (Fsp3) is 0.286. The van der Waals surface area contributed by atoms with Crippen molar-refractivity contribution in [3.63, 3.8) is 0 Å². The van der Waals surface area contributed by atoms with Crippen LogP contribution in [-0.4, -0.2) is 50.7 Å². The lowest BCUT2D eigenvalue weighted by Gasteiger charge is -2.29. The lowest BCUT2D eigenvalue weighted by molar-refractivity contribution is 0.102. The lowest BCUT2D eigenvalue weighted by atomic mass is 10.0. The Balaban J connectivity index is 1.47. The number of hydrogen-bond donors (Lipinski definition) is 2. The van der Waals surface area contributed by atoms with Crippen molar-refractivity contribution in [3.8, 4) is 11.8 Å². The van der Waals surface area contributed by atoms with E-state index < -0.39 is 0 Å². The van der Waals surface area contributed by atoms with Gasteiger partial charge < -0.3 is 16.0 Å². The minimum atomic E-state index is -0.182. The zero-order valence-electron chi connectivity index (χ0n) is 20.7. The van der Waals surface area contributed by atoms with Crippen LogP contribution < -0.4 is 11.1 Å². The highest BCUT2D eigenvalue weighted by atomic mass is 16.1. The fourth-order valence-corrected chi connectivity index (χ4v) is 4.53. The zero-order chi connectivity index (χ0) is 25.2. The van der Waals surface area contributed by atoms with Crippen molar-refractivity contribution in [1.29, 1.82) is 0 Å². The smallest absolute Gasteiger partial charge is 0.255 e. The van der Waals surface area contributed by atoms with Crippen LogP contribution in [0.2, 0.25) is 0 Å². The van der Waals surface area contributed by atoms with Crippen LogP contribution in [0.1, 0.15) is 51.6 Å². The molecule has 2 aromatic carbocycles. The topological polar surface area (TPSA) is 102 Å². The highest BCUT2D eigenvalue weighted by Crippen LogP contribution is 2.28. The van der Waals surface area contributed by atoms with Gasteiger partial charge in [-0.05, 0) is 88.1 Å². The van der Waals surface area contributed by atoms with E-state index in [1.165, 1.54) is 6.33 Å². The Morgan fingerprint density at radius 1 is 1.08 bits per heavy atom. The minimum absolute atomic E-state index is 0.182. The number of aromatic nitrogens is 4. The molecule has 0 spiro atoms. The maximum Gasteiger partial charge on any atom is 0.255 e. The summed E-state index contributed by atoms with van der Waals surface area (Å²) in [5, 5.41) is 8.46. The molecule has 8 heteroatoms. The second-order valence-electron chi connectivity index (χ2n) is 9.39. The molecule has 1 saturated heterocycles. The van der Waals surface area contributed by atoms with Gasteiger partial charge in [0.15, 0.2) is 5.65 Å². The maximum atomic E-state index is 12.9. The highest BCUT2D eigenvalue weighted by Gasteiger charge is 2.24. The molecule has 1 fully saturated rings. The second-order valence-corrected chi connectivity index (χ2v) is 9.39. The van der Waals surface area contributed by atoms with E-state index >= 15 is 0 Å². The van der Waals surface area contributed by atoms with E-state index in [1.54, 1.807) is 0 Å². The van der Waals surface area contributed by atoms with Crippen LogP contribution >= 0.6 is 0 Å². The van der Waals surface area contributed by atoms with Crippen LogP contribution in [0.3, 0.4) is 0 Å². The van der Waals surface area contributed by atoms with Crippen molar-refractivity contribution in [2.75, 3.05) is 31.2 Å². The third kappa shape index (κ3) is 4.79. The molecule has 0 aliphatic carbocycles. The van der Waals surface area contributed by atoms with Crippen molar-refractivity contribution in [2.24, 2.45) is 0 Å². The standard InChI is InChI=1S/C28H29N7O/c1-18-5-4-6-22(15-18)32-28(36)21-8-7-19(2)20(16-21)9-10-24-25-26(29)30-17-31-27(25)35(33-24)23-11-13-34(3)14-12-23/h4-8,15-17,23H,11-14H2,1-3H3,(H,32,36)(H2,29,30,31). The van der Waals surface area contributed by atoms with Gasteiger partial charge in [-0.1, -0.05) is 24.1 Å². The number of carbonyl (C=O) groups is 1. The van der Waals surface area contributed by atoms with E-state index in [2.05, 4.69) is 39.1 Å². The molecule has 3 N–H and O–H groups in total. The Labute approximate surface area is 210 Å². The number of fused-ring (bicyclic) bond motifs is 1. The van der Waals surface area contributed by atoms with Crippen LogP contribution in [0.15, 0.2) is 48.8 Å². The number of likely N-dealkylation sites (tertiary alicyclic amines) is 1. The summed E-state index contributed by atoms with van der Waals surface area (Å²) in [7, 11) is 2.13. The van der Waals surface area contributed by atoms with E-state index in [0.29, 0.717) is 28.1 Å². The number of nitrogen functional groups attached to an aromatic ring is 1. The number of nitrogens with zero attached hydrogens (tertiary/aromatic N) is 5. The molecule has 182 valence electrons. The van der Waals surface area contributed by atoms with Gasteiger partial charge in [-0.25, -0.2) is 14.6 Å². The average Bonchev–Trinajstić information content (AvgIpc) is 3.24. The first-order valence-electron chi connectivity index (χ1n) is 12.1. The van der Waals surface area contributed by atoms with E-state index in [4.69, 9.17) is 10.8 Å². The maximum absolute atomic E-state index is 12.9. The Morgan fingerprint density at radius 3 is 2.67 bits per heavy atom. The molecule has 3 heterocycles. The van der Waals surface area contributed by atoms with Gasteiger partial charge >= 0.3 is 0 Å². The zero-order valence-corrected chi connectivity index (χ0v) is 20.7. The molecule has 1 aliphatic heterocycles. The van der Waals surface area contributed by atoms with E-state index in [9.17, 15) is 4.79 Å². The summed E-state index contributed by atoms with van der Waals surface area (Å²) in [4.78, 5) is 23.9. The Bertz CT molecular complexity index is 1500. The van der Waals surface area contributed by atoms with Crippen molar-refractivity contribution in [3.05, 3.63) is 76.7 Å². The first kappa shape index (κ1) is 23.5. The van der Waals surface area contributed by atoms with E-state index in [1.807, 2.05) is 61.0 Å². The van der Waals surface area contributed by atoms with Gasteiger partial charge in [0.1, 0.15) is 17.8 Å². The predicted molar refractivity (Wildman–Crippen MR) is 142 cm³/mol. The first-order valence-corrected chi connectivity index (χ1v) is 12.1. The molecule has 1 aliphatic rings. The molecule has 0 bridgehead atoms. The monoisotopic (exact) mass is 479 g/mol. The summed E-state index contributed by atoms with van der Waals surface area (Å²) in [6.07, 6.45) is 3.45. The number of piperidine rings is 1. The summed E-state index contributed by atoms with van der Waals surface area (Å²) in [5.74, 6) is 6.59. The SMILES string of the molecule is Cc1cccc(NC(=O)c2ccc(C)c(C#Cc3nn(C4CCN(C)CC4)c4ncnc(N)c34)c2)c1. The normalized spacial score (nSPS) is 14.4. The van der Waals surface area contributed by atoms with Crippen molar-refractivity contribution in [1.82, 2.24) is 24.6 Å². The van der Waals surface area contributed by atoms with Crippen LogP contribution in [-0.2, 0) is 0 Å². The Hall–Kier alpha value is -4.22. The largest absolute Gasteiger partial charge is 0.383 e. The predicted octanol–water partition coefficient (Wildman–Crippen LogP) is 3.94. The van der Waals surface area contributed by atoms with Crippen LogP contribution in [0.5, 0.6) is 0 Å². The van der Waals surface area contributed by atoms with Gasteiger partial charge in [0.2, 0.25) is 0 Å².